The maximum Gasteiger partial charge on any atom is 0.258 e. The first-order valence-corrected chi connectivity index (χ1v) is 8.28. The Morgan fingerprint density at radius 2 is 1.62 bits per heavy atom. The molecule has 1 N–H and O–H groups in total. The molecule has 0 unspecified atom stereocenters. The zero-order valence-electron chi connectivity index (χ0n) is 14.3. The molecule has 136 valence electrons. The van der Waals surface area contributed by atoms with Crippen molar-refractivity contribution in [2.75, 3.05) is 38.5 Å². The summed E-state index contributed by atoms with van der Waals surface area (Å²) in [4.78, 5) is 28.5. The van der Waals surface area contributed by atoms with Crippen LogP contribution in [0.25, 0.3) is 0 Å². The lowest BCUT2D eigenvalue weighted by Gasteiger charge is -2.32. The first-order chi connectivity index (χ1) is 12.4. The quantitative estimate of drug-likeness (QED) is 0.917. The number of carbonyl (C=O) groups is 2. The third-order valence-corrected chi connectivity index (χ3v) is 4.36. The summed E-state index contributed by atoms with van der Waals surface area (Å²) in [5, 5.41) is 2.54. The molecule has 1 aliphatic rings. The van der Waals surface area contributed by atoms with Crippen LogP contribution in [0.5, 0.6) is 0 Å². The molecule has 1 fully saturated rings. The number of halogens is 2. The minimum atomic E-state index is -0.927. The van der Waals surface area contributed by atoms with Crippen LogP contribution in [0.4, 0.5) is 14.5 Å². The molecule has 0 bridgehead atoms. The Kier molecular flexibility index (Phi) is 5.27. The highest BCUT2D eigenvalue weighted by Gasteiger charge is 2.20. The van der Waals surface area contributed by atoms with Crippen LogP contribution in [0, 0.1) is 11.6 Å². The van der Waals surface area contributed by atoms with E-state index in [4.69, 9.17) is 0 Å². The van der Waals surface area contributed by atoms with Gasteiger partial charge in [-0.05, 0) is 43.4 Å². The minimum Gasteiger partial charge on any atom is -0.336 e. The van der Waals surface area contributed by atoms with E-state index >= 15 is 0 Å². The van der Waals surface area contributed by atoms with Crippen LogP contribution in [-0.4, -0.2) is 54.8 Å². The summed E-state index contributed by atoms with van der Waals surface area (Å²) in [6.07, 6.45) is 0. The molecule has 0 aromatic heterocycles. The highest BCUT2D eigenvalue weighted by atomic mass is 19.1. The van der Waals surface area contributed by atoms with Gasteiger partial charge in [0, 0.05) is 43.5 Å². The molecular formula is C19H19F2N3O2. The Labute approximate surface area is 150 Å². The van der Waals surface area contributed by atoms with E-state index in [1.54, 1.807) is 29.2 Å². The van der Waals surface area contributed by atoms with Crippen molar-refractivity contribution in [1.29, 1.82) is 0 Å². The molecule has 7 heteroatoms. The van der Waals surface area contributed by atoms with Crippen molar-refractivity contribution in [3.63, 3.8) is 0 Å². The summed E-state index contributed by atoms with van der Waals surface area (Å²) < 4.78 is 26.6. The van der Waals surface area contributed by atoms with Gasteiger partial charge in [-0.15, -0.1) is 0 Å². The molecule has 2 aromatic carbocycles. The number of benzene rings is 2. The van der Waals surface area contributed by atoms with E-state index in [1.807, 2.05) is 7.05 Å². The predicted molar refractivity (Wildman–Crippen MR) is 94.2 cm³/mol. The number of anilines is 1. The van der Waals surface area contributed by atoms with Gasteiger partial charge in [0.25, 0.3) is 11.8 Å². The summed E-state index contributed by atoms with van der Waals surface area (Å²) in [6.45, 7) is 3.03. The standard InChI is InChI=1S/C19H19F2N3O2/c1-23-8-10-24(11-9-23)19(26)13-2-5-15(6-3-13)22-18(25)16-7-4-14(20)12-17(16)21/h2-7,12H,8-11H2,1H3,(H,22,25). The van der Waals surface area contributed by atoms with E-state index in [0.717, 1.165) is 25.2 Å². The average molecular weight is 359 g/mol. The maximum absolute atomic E-state index is 13.7. The highest BCUT2D eigenvalue weighted by molar-refractivity contribution is 6.04. The molecule has 0 spiro atoms. The second-order valence-corrected chi connectivity index (χ2v) is 6.25. The summed E-state index contributed by atoms with van der Waals surface area (Å²) >= 11 is 0. The van der Waals surface area contributed by atoms with Crippen molar-refractivity contribution in [2.45, 2.75) is 0 Å². The van der Waals surface area contributed by atoms with Gasteiger partial charge in [0.1, 0.15) is 11.6 Å². The number of nitrogens with zero attached hydrogens (tertiary/aromatic N) is 2. The Hall–Kier alpha value is -2.80. The number of hydrogen-bond acceptors (Lipinski definition) is 3. The summed E-state index contributed by atoms with van der Waals surface area (Å²) in [5.41, 5.74) is 0.707. The van der Waals surface area contributed by atoms with Crippen LogP contribution in [-0.2, 0) is 0 Å². The topological polar surface area (TPSA) is 52.6 Å². The van der Waals surface area contributed by atoms with E-state index in [0.29, 0.717) is 30.4 Å². The van der Waals surface area contributed by atoms with Crippen molar-refractivity contribution in [2.24, 2.45) is 0 Å². The molecule has 0 atom stereocenters. The molecule has 0 radical (unpaired) electrons. The molecule has 1 saturated heterocycles. The van der Waals surface area contributed by atoms with Crippen molar-refractivity contribution in [1.82, 2.24) is 9.80 Å². The minimum absolute atomic E-state index is 0.0550. The molecular weight excluding hydrogens is 340 g/mol. The van der Waals surface area contributed by atoms with Crippen molar-refractivity contribution in [3.8, 4) is 0 Å². The lowest BCUT2D eigenvalue weighted by atomic mass is 10.1. The van der Waals surface area contributed by atoms with Crippen LogP contribution in [0.1, 0.15) is 20.7 Å². The van der Waals surface area contributed by atoms with Gasteiger partial charge in [-0.3, -0.25) is 9.59 Å². The van der Waals surface area contributed by atoms with Gasteiger partial charge in [0.2, 0.25) is 0 Å². The molecule has 5 nitrogen and oxygen atoms in total. The van der Waals surface area contributed by atoms with E-state index in [2.05, 4.69) is 10.2 Å². The largest absolute Gasteiger partial charge is 0.336 e. The van der Waals surface area contributed by atoms with Crippen LogP contribution < -0.4 is 5.32 Å². The summed E-state index contributed by atoms with van der Waals surface area (Å²) in [6, 6.07) is 9.19. The third-order valence-electron chi connectivity index (χ3n) is 4.36. The summed E-state index contributed by atoms with van der Waals surface area (Å²) in [5.74, 6) is -2.41. The number of piperazine rings is 1. The van der Waals surface area contributed by atoms with Crippen molar-refractivity contribution >= 4 is 17.5 Å². The van der Waals surface area contributed by atoms with Crippen LogP contribution >= 0.6 is 0 Å². The van der Waals surface area contributed by atoms with Gasteiger partial charge in [-0.1, -0.05) is 0 Å². The van der Waals surface area contributed by atoms with Gasteiger partial charge >= 0.3 is 0 Å². The van der Waals surface area contributed by atoms with Gasteiger partial charge in [0.05, 0.1) is 5.56 Å². The molecule has 2 amide bonds. The fourth-order valence-electron chi connectivity index (χ4n) is 2.76. The smallest absolute Gasteiger partial charge is 0.258 e. The molecule has 1 aliphatic heterocycles. The Bertz CT molecular complexity index is 816. The van der Waals surface area contributed by atoms with Gasteiger partial charge in [-0.25, -0.2) is 8.78 Å². The molecule has 26 heavy (non-hydrogen) atoms. The van der Waals surface area contributed by atoms with E-state index in [9.17, 15) is 18.4 Å². The second-order valence-electron chi connectivity index (χ2n) is 6.25. The molecule has 0 aliphatic carbocycles. The Morgan fingerprint density at radius 1 is 0.962 bits per heavy atom. The number of amides is 2. The fourth-order valence-corrected chi connectivity index (χ4v) is 2.76. The summed E-state index contributed by atoms with van der Waals surface area (Å²) in [7, 11) is 2.02. The number of hydrogen-bond donors (Lipinski definition) is 1. The Morgan fingerprint density at radius 3 is 2.23 bits per heavy atom. The van der Waals surface area contributed by atoms with Gasteiger partial charge in [0.15, 0.2) is 0 Å². The molecule has 2 aromatic rings. The number of carbonyl (C=O) groups excluding carboxylic acids is 2. The zero-order chi connectivity index (χ0) is 18.7. The van der Waals surface area contributed by atoms with Crippen LogP contribution in [0.15, 0.2) is 42.5 Å². The van der Waals surface area contributed by atoms with E-state index in [1.165, 1.54) is 0 Å². The first kappa shape index (κ1) is 18.0. The zero-order valence-corrected chi connectivity index (χ0v) is 14.3. The van der Waals surface area contributed by atoms with Crippen molar-refractivity contribution in [3.05, 3.63) is 65.2 Å². The first-order valence-electron chi connectivity index (χ1n) is 8.28. The highest BCUT2D eigenvalue weighted by Crippen LogP contribution is 2.16. The molecule has 3 rings (SSSR count). The van der Waals surface area contributed by atoms with Gasteiger partial charge in [-0.2, -0.15) is 0 Å². The van der Waals surface area contributed by atoms with Crippen LogP contribution in [0.2, 0.25) is 0 Å². The Balaban J connectivity index is 1.65. The predicted octanol–water partition coefficient (Wildman–Crippen LogP) is 2.60. The monoisotopic (exact) mass is 359 g/mol. The molecule has 0 saturated carbocycles. The lowest BCUT2D eigenvalue weighted by Crippen LogP contribution is -2.47. The number of rotatable bonds is 3. The van der Waals surface area contributed by atoms with E-state index < -0.39 is 17.5 Å². The number of likely N-dealkylation sites (N-methyl/N-ethyl adjacent to an activating group) is 1. The molecule has 1 heterocycles. The van der Waals surface area contributed by atoms with E-state index in [-0.39, 0.29) is 11.5 Å². The normalized spacial score (nSPS) is 15.0. The average Bonchev–Trinajstić information content (AvgIpc) is 2.62. The fraction of sp³-hybridized carbons (Fsp3) is 0.263. The maximum atomic E-state index is 13.7. The van der Waals surface area contributed by atoms with Crippen LogP contribution in [0.3, 0.4) is 0 Å². The SMILES string of the molecule is CN1CCN(C(=O)c2ccc(NC(=O)c3ccc(F)cc3F)cc2)CC1. The van der Waals surface area contributed by atoms with Gasteiger partial charge < -0.3 is 15.1 Å². The third kappa shape index (κ3) is 4.05. The lowest BCUT2D eigenvalue weighted by molar-refractivity contribution is 0.0664. The second kappa shape index (κ2) is 7.61. The van der Waals surface area contributed by atoms with Crippen molar-refractivity contribution < 1.29 is 18.4 Å². The number of nitrogens with one attached hydrogen (secondary N) is 1.